The molecule has 8 nitrogen and oxygen atoms in total. The standard InChI is InChI=1S/C20H28N4O4/c1-14-21-7-2-18(22-14)28-17-3-8-23(9-4-17)20(26)15-12-19(25)24(13-15)16-5-10-27-11-6-16/h2,7,15-17H,3-6,8-13H2,1H3/t15-/m1/s1. The Kier molecular flexibility index (Phi) is 5.75. The van der Waals surface area contributed by atoms with E-state index in [0.29, 0.717) is 51.0 Å². The first-order chi connectivity index (χ1) is 13.6. The molecule has 28 heavy (non-hydrogen) atoms. The van der Waals surface area contributed by atoms with Crippen LogP contribution in [-0.4, -0.2) is 76.6 Å². The van der Waals surface area contributed by atoms with E-state index in [-0.39, 0.29) is 29.9 Å². The van der Waals surface area contributed by atoms with Gasteiger partial charge in [0.15, 0.2) is 0 Å². The molecule has 8 heteroatoms. The molecule has 0 saturated carbocycles. The molecule has 1 aromatic heterocycles. The number of hydrogen-bond donors (Lipinski definition) is 0. The Bertz CT molecular complexity index is 714. The van der Waals surface area contributed by atoms with Crippen LogP contribution in [-0.2, 0) is 14.3 Å². The van der Waals surface area contributed by atoms with Gasteiger partial charge in [-0.1, -0.05) is 0 Å². The molecular weight excluding hydrogens is 360 g/mol. The lowest BCUT2D eigenvalue weighted by Crippen LogP contribution is -2.45. The van der Waals surface area contributed by atoms with Crippen molar-refractivity contribution in [1.29, 1.82) is 0 Å². The minimum absolute atomic E-state index is 0.0577. The molecule has 4 heterocycles. The number of nitrogens with zero attached hydrogens (tertiary/aromatic N) is 4. The van der Waals surface area contributed by atoms with Crippen LogP contribution < -0.4 is 4.74 Å². The van der Waals surface area contributed by atoms with Crippen LogP contribution in [0.1, 0.15) is 37.9 Å². The van der Waals surface area contributed by atoms with Gasteiger partial charge in [-0.25, -0.2) is 4.98 Å². The predicted octanol–water partition coefficient (Wildman–Crippen LogP) is 1.18. The SMILES string of the molecule is Cc1nccc(OC2CCN(C(=O)[C@@H]3CC(=O)N(C4CCOCC4)C3)CC2)n1. The molecule has 1 atom stereocenters. The Hall–Kier alpha value is -2.22. The summed E-state index contributed by atoms with van der Waals surface area (Å²) in [6.45, 7) is 5.11. The highest BCUT2D eigenvalue weighted by Gasteiger charge is 2.40. The van der Waals surface area contributed by atoms with Crippen molar-refractivity contribution in [1.82, 2.24) is 19.8 Å². The van der Waals surface area contributed by atoms with Gasteiger partial charge in [0, 0.05) is 70.4 Å². The van der Waals surface area contributed by atoms with Crippen molar-refractivity contribution in [3.63, 3.8) is 0 Å². The highest BCUT2D eigenvalue weighted by atomic mass is 16.5. The molecular formula is C20H28N4O4. The van der Waals surface area contributed by atoms with Crippen molar-refractivity contribution in [2.45, 2.75) is 51.2 Å². The van der Waals surface area contributed by atoms with Crippen LogP contribution in [0.25, 0.3) is 0 Å². The molecule has 0 aliphatic carbocycles. The normalized spacial score (nSPS) is 24.6. The number of carbonyl (C=O) groups excluding carboxylic acids is 2. The maximum atomic E-state index is 12.9. The van der Waals surface area contributed by atoms with Gasteiger partial charge in [-0.05, 0) is 19.8 Å². The molecule has 3 fully saturated rings. The Labute approximate surface area is 165 Å². The number of likely N-dealkylation sites (tertiary alicyclic amines) is 2. The van der Waals surface area contributed by atoms with Crippen molar-refractivity contribution >= 4 is 11.8 Å². The average molecular weight is 388 g/mol. The van der Waals surface area contributed by atoms with Gasteiger partial charge in [-0.2, -0.15) is 4.98 Å². The summed E-state index contributed by atoms with van der Waals surface area (Å²) in [6, 6.07) is 1.99. The van der Waals surface area contributed by atoms with E-state index in [4.69, 9.17) is 9.47 Å². The first-order valence-corrected chi connectivity index (χ1v) is 10.2. The molecule has 3 aliphatic rings. The summed E-state index contributed by atoms with van der Waals surface area (Å²) >= 11 is 0. The number of rotatable bonds is 4. The molecule has 2 amide bonds. The largest absolute Gasteiger partial charge is 0.474 e. The molecule has 3 saturated heterocycles. The summed E-state index contributed by atoms with van der Waals surface area (Å²) in [4.78, 5) is 37.6. The van der Waals surface area contributed by atoms with E-state index in [9.17, 15) is 9.59 Å². The number of aromatic nitrogens is 2. The van der Waals surface area contributed by atoms with Gasteiger partial charge in [-0.15, -0.1) is 0 Å². The van der Waals surface area contributed by atoms with E-state index >= 15 is 0 Å². The maximum absolute atomic E-state index is 12.9. The summed E-state index contributed by atoms with van der Waals surface area (Å²) < 4.78 is 11.3. The molecule has 0 aromatic carbocycles. The van der Waals surface area contributed by atoms with E-state index in [1.807, 2.05) is 16.7 Å². The zero-order valence-electron chi connectivity index (χ0n) is 16.4. The van der Waals surface area contributed by atoms with E-state index < -0.39 is 0 Å². The second-order valence-electron chi connectivity index (χ2n) is 7.88. The Balaban J connectivity index is 1.27. The zero-order chi connectivity index (χ0) is 19.5. The Morgan fingerprint density at radius 3 is 2.68 bits per heavy atom. The fourth-order valence-electron chi connectivity index (χ4n) is 4.37. The van der Waals surface area contributed by atoms with Gasteiger partial charge in [0.25, 0.3) is 0 Å². The van der Waals surface area contributed by atoms with Gasteiger partial charge in [-0.3, -0.25) is 9.59 Å². The Morgan fingerprint density at radius 2 is 1.96 bits per heavy atom. The molecule has 0 bridgehead atoms. The average Bonchev–Trinajstić information content (AvgIpc) is 3.10. The van der Waals surface area contributed by atoms with Crippen LogP contribution in [0, 0.1) is 12.8 Å². The van der Waals surface area contributed by atoms with E-state index in [2.05, 4.69) is 9.97 Å². The fraction of sp³-hybridized carbons (Fsp3) is 0.700. The van der Waals surface area contributed by atoms with Crippen molar-refractivity contribution < 1.29 is 19.1 Å². The summed E-state index contributed by atoms with van der Waals surface area (Å²) in [6.07, 6.45) is 5.39. The van der Waals surface area contributed by atoms with Gasteiger partial charge in [0.05, 0.1) is 5.92 Å². The molecule has 3 aliphatic heterocycles. The van der Waals surface area contributed by atoms with Crippen molar-refractivity contribution in [2.75, 3.05) is 32.8 Å². The van der Waals surface area contributed by atoms with Crippen LogP contribution >= 0.6 is 0 Å². The van der Waals surface area contributed by atoms with E-state index in [1.165, 1.54) is 0 Å². The highest BCUT2D eigenvalue weighted by Crippen LogP contribution is 2.27. The Morgan fingerprint density at radius 1 is 1.21 bits per heavy atom. The van der Waals surface area contributed by atoms with Gasteiger partial charge in [0.2, 0.25) is 17.7 Å². The van der Waals surface area contributed by atoms with Crippen molar-refractivity contribution in [3.05, 3.63) is 18.1 Å². The quantitative estimate of drug-likeness (QED) is 0.770. The molecule has 0 unspecified atom stereocenters. The summed E-state index contributed by atoms with van der Waals surface area (Å²) in [5.41, 5.74) is 0. The number of amides is 2. The highest BCUT2D eigenvalue weighted by molar-refractivity contribution is 5.89. The molecule has 4 rings (SSSR count). The fourth-order valence-corrected chi connectivity index (χ4v) is 4.37. The number of carbonyl (C=O) groups is 2. The molecule has 152 valence electrons. The van der Waals surface area contributed by atoms with Gasteiger partial charge >= 0.3 is 0 Å². The molecule has 0 N–H and O–H groups in total. The minimum atomic E-state index is -0.211. The smallest absolute Gasteiger partial charge is 0.227 e. The van der Waals surface area contributed by atoms with Crippen molar-refractivity contribution in [2.24, 2.45) is 5.92 Å². The molecule has 1 aromatic rings. The second-order valence-corrected chi connectivity index (χ2v) is 7.88. The number of ether oxygens (including phenoxy) is 2. The van der Waals surface area contributed by atoms with Gasteiger partial charge in [0.1, 0.15) is 11.9 Å². The van der Waals surface area contributed by atoms with Crippen LogP contribution in [0.4, 0.5) is 0 Å². The third kappa shape index (κ3) is 4.27. The van der Waals surface area contributed by atoms with Crippen LogP contribution in [0.2, 0.25) is 0 Å². The third-order valence-electron chi connectivity index (χ3n) is 5.93. The topological polar surface area (TPSA) is 84.9 Å². The number of piperidine rings is 1. The molecule has 0 spiro atoms. The van der Waals surface area contributed by atoms with E-state index in [0.717, 1.165) is 25.7 Å². The van der Waals surface area contributed by atoms with Crippen LogP contribution in [0.5, 0.6) is 5.88 Å². The minimum Gasteiger partial charge on any atom is -0.474 e. The number of hydrogen-bond acceptors (Lipinski definition) is 6. The number of aryl methyl sites for hydroxylation is 1. The van der Waals surface area contributed by atoms with Crippen LogP contribution in [0.3, 0.4) is 0 Å². The van der Waals surface area contributed by atoms with Crippen molar-refractivity contribution in [3.8, 4) is 5.88 Å². The first kappa shape index (κ1) is 19.1. The zero-order valence-corrected chi connectivity index (χ0v) is 16.4. The molecule has 0 radical (unpaired) electrons. The first-order valence-electron chi connectivity index (χ1n) is 10.2. The maximum Gasteiger partial charge on any atom is 0.227 e. The lowest BCUT2D eigenvalue weighted by molar-refractivity contribution is -0.137. The van der Waals surface area contributed by atoms with E-state index in [1.54, 1.807) is 12.3 Å². The summed E-state index contributed by atoms with van der Waals surface area (Å²) in [7, 11) is 0. The lowest BCUT2D eigenvalue weighted by atomic mass is 10.0. The predicted molar refractivity (Wildman–Crippen MR) is 101 cm³/mol. The van der Waals surface area contributed by atoms with Crippen LogP contribution in [0.15, 0.2) is 12.3 Å². The van der Waals surface area contributed by atoms with Gasteiger partial charge < -0.3 is 19.3 Å². The third-order valence-corrected chi connectivity index (χ3v) is 5.93. The second kappa shape index (κ2) is 8.43. The lowest BCUT2D eigenvalue weighted by Gasteiger charge is -2.34. The monoisotopic (exact) mass is 388 g/mol. The summed E-state index contributed by atoms with van der Waals surface area (Å²) in [5, 5.41) is 0. The summed E-state index contributed by atoms with van der Waals surface area (Å²) in [5.74, 6) is 1.29.